The fraction of sp³-hybridized carbons (Fsp3) is 0.231. The molecular formula is C26H26Cl2N2O3S. The Balaban J connectivity index is 0.00000133. The first-order valence-electron chi connectivity index (χ1n) is 11.1. The maximum absolute atomic E-state index is 13.8. The number of benzene rings is 3. The van der Waals surface area contributed by atoms with Gasteiger partial charge >= 0.3 is 0 Å². The summed E-state index contributed by atoms with van der Waals surface area (Å²) < 4.78 is 34.4. The summed E-state index contributed by atoms with van der Waals surface area (Å²) in [5, 5.41) is 1.86. The quantitative estimate of drug-likeness (QED) is 0.322. The Morgan fingerprint density at radius 1 is 1.00 bits per heavy atom. The molecule has 4 aromatic rings. The van der Waals surface area contributed by atoms with Crippen LogP contribution in [0.5, 0.6) is 5.75 Å². The molecule has 3 aromatic carbocycles. The molecule has 0 aliphatic carbocycles. The van der Waals surface area contributed by atoms with Gasteiger partial charge in [-0.3, -0.25) is 0 Å². The molecule has 1 atom stereocenters. The number of nitrogens with one attached hydrogen (secondary N) is 1. The number of fused-ring (bicyclic) bond motifs is 3. The van der Waals surface area contributed by atoms with Crippen molar-refractivity contribution in [1.82, 2.24) is 9.29 Å². The smallest absolute Gasteiger partial charge is 0.245 e. The van der Waals surface area contributed by atoms with Crippen molar-refractivity contribution in [2.45, 2.75) is 31.2 Å². The van der Waals surface area contributed by atoms with Gasteiger partial charge in [0, 0.05) is 28.2 Å². The first-order chi connectivity index (χ1) is 16.4. The molecule has 1 aromatic heterocycles. The average Bonchev–Trinajstić information content (AvgIpc) is 3.23. The van der Waals surface area contributed by atoms with Crippen LogP contribution < -0.4 is 4.74 Å². The van der Waals surface area contributed by atoms with E-state index in [0.29, 0.717) is 23.7 Å². The Bertz CT molecular complexity index is 1420. The summed E-state index contributed by atoms with van der Waals surface area (Å²) in [5.41, 5.74) is 3.68. The van der Waals surface area contributed by atoms with Crippen LogP contribution in [0.2, 0.25) is 10.0 Å². The molecule has 0 radical (unpaired) electrons. The van der Waals surface area contributed by atoms with Gasteiger partial charge in [-0.15, -0.1) is 0 Å². The Morgan fingerprint density at radius 2 is 1.71 bits per heavy atom. The van der Waals surface area contributed by atoms with Gasteiger partial charge in [0.2, 0.25) is 10.0 Å². The number of aromatic amines is 1. The number of methoxy groups -OCH3 is 1. The van der Waals surface area contributed by atoms with Crippen molar-refractivity contribution in [1.29, 1.82) is 0 Å². The molecule has 0 amide bonds. The zero-order chi connectivity index (χ0) is 24.5. The summed E-state index contributed by atoms with van der Waals surface area (Å²) in [6, 6.07) is 19.1. The number of hydrogen-bond acceptors (Lipinski definition) is 3. The van der Waals surface area contributed by atoms with Crippen molar-refractivity contribution in [3.05, 3.63) is 93.6 Å². The van der Waals surface area contributed by atoms with E-state index in [1.165, 1.54) is 4.31 Å². The summed E-state index contributed by atoms with van der Waals surface area (Å²) in [7, 11) is -2.27. The monoisotopic (exact) mass is 516 g/mol. The maximum Gasteiger partial charge on any atom is 0.245 e. The highest BCUT2D eigenvalue weighted by Crippen LogP contribution is 2.42. The van der Waals surface area contributed by atoms with Gasteiger partial charge in [0.15, 0.2) is 0 Å². The molecule has 0 saturated heterocycles. The third-order valence-corrected chi connectivity index (χ3v) is 8.50. The van der Waals surface area contributed by atoms with E-state index in [0.717, 1.165) is 27.7 Å². The molecule has 0 spiro atoms. The molecule has 0 fully saturated rings. The van der Waals surface area contributed by atoms with Crippen LogP contribution >= 0.6 is 23.2 Å². The SMILES string of the molecule is CC.COc1ccc(C2c3[nH]c4ccc(Cl)cc4c3CCN2S(=O)(=O)c2ccccc2Cl)cc1. The van der Waals surface area contributed by atoms with Crippen molar-refractivity contribution in [3.63, 3.8) is 0 Å². The van der Waals surface area contributed by atoms with Crippen molar-refractivity contribution in [3.8, 4) is 5.75 Å². The van der Waals surface area contributed by atoms with E-state index in [2.05, 4.69) is 4.98 Å². The Kier molecular flexibility index (Phi) is 7.24. The van der Waals surface area contributed by atoms with Gasteiger partial charge in [-0.25, -0.2) is 8.42 Å². The van der Waals surface area contributed by atoms with E-state index in [4.69, 9.17) is 27.9 Å². The molecular weight excluding hydrogens is 491 g/mol. The molecule has 0 saturated carbocycles. The van der Waals surface area contributed by atoms with Crippen LogP contribution in [0, 0.1) is 0 Å². The van der Waals surface area contributed by atoms with Gasteiger partial charge in [0.05, 0.1) is 18.2 Å². The van der Waals surface area contributed by atoms with Gasteiger partial charge in [-0.1, -0.05) is 61.3 Å². The molecule has 1 unspecified atom stereocenters. The van der Waals surface area contributed by atoms with E-state index in [1.54, 1.807) is 31.4 Å². The number of nitrogens with zero attached hydrogens (tertiary/aromatic N) is 1. The Morgan fingerprint density at radius 3 is 2.38 bits per heavy atom. The number of aromatic nitrogens is 1. The number of hydrogen-bond donors (Lipinski definition) is 1. The largest absolute Gasteiger partial charge is 0.497 e. The van der Waals surface area contributed by atoms with Gasteiger partial charge in [-0.2, -0.15) is 4.31 Å². The van der Waals surface area contributed by atoms with Crippen LogP contribution in [0.25, 0.3) is 10.9 Å². The number of halogens is 2. The molecule has 1 N–H and O–H groups in total. The van der Waals surface area contributed by atoms with Gasteiger partial charge in [-0.05, 0) is 60.0 Å². The zero-order valence-electron chi connectivity index (χ0n) is 19.2. The molecule has 1 aliphatic heterocycles. The van der Waals surface area contributed by atoms with Gasteiger partial charge in [0.1, 0.15) is 10.6 Å². The first kappa shape index (κ1) is 24.6. The van der Waals surface area contributed by atoms with E-state index >= 15 is 0 Å². The summed E-state index contributed by atoms with van der Waals surface area (Å²) in [4.78, 5) is 3.56. The fourth-order valence-electron chi connectivity index (χ4n) is 4.40. The zero-order valence-corrected chi connectivity index (χ0v) is 21.5. The normalized spacial score (nSPS) is 16.0. The molecule has 2 heterocycles. The second-order valence-electron chi connectivity index (χ2n) is 7.68. The summed E-state index contributed by atoms with van der Waals surface area (Å²) in [6.45, 7) is 4.32. The Hall–Kier alpha value is -2.51. The minimum atomic E-state index is -3.87. The molecule has 0 bridgehead atoms. The standard InChI is InChI=1S/C24H20Cl2N2O3S.C2H6/c1-31-17-9-6-15(7-10-17)24-23-18(19-14-16(25)8-11-21(19)27-23)12-13-28(24)32(29,30)22-5-3-2-4-20(22)26;1-2/h2-11,14,24,27H,12-13H2,1H3;1-2H3. The lowest BCUT2D eigenvalue weighted by Gasteiger charge is -2.35. The Labute approximate surface area is 210 Å². The van der Waals surface area contributed by atoms with Crippen LogP contribution in [-0.2, 0) is 16.4 Å². The first-order valence-corrected chi connectivity index (χ1v) is 13.3. The van der Waals surface area contributed by atoms with Crippen LogP contribution in [-0.4, -0.2) is 31.4 Å². The maximum atomic E-state index is 13.8. The molecule has 178 valence electrons. The molecule has 8 heteroatoms. The van der Waals surface area contributed by atoms with Crippen molar-refractivity contribution in [2.75, 3.05) is 13.7 Å². The van der Waals surface area contributed by atoms with Crippen LogP contribution in [0.1, 0.15) is 36.7 Å². The number of ether oxygens (including phenoxy) is 1. The van der Waals surface area contributed by atoms with E-state index in [-0.39, 0.29) is 9.92 Å². The van der Waals surface area contributed by atoms with Crippen LogP contribution in [0.15, 0.2) is 71.6 Å². The third kappa shape index (κ3) is 4.31. The molecule has 5 nitrogen and oxygen atoms in total. The van der Waals surface area contributed by atoms with Crippen molar-refractivity contribution < 1.29 is 13.2 Å². The van der Waals surface area contributed by atoms with Crippen LogP contribution in [0.3, 0.4) is 0 Å². The highest BCUT2D eigenvalue weighted by molar-refractivity contribution is 7.89. The lowest BCUT2D eigenvalue weighted by molar-refractivity contribution is 0.340. The summed E-state index contributed by atoms with van der Waals surface area (Å²) in [6.07, 6.45) is 0.562. The van der Waals surface area contributed by atoms with Crippen molar-refractivity contribution in [2.24, 2.45) is 0 Å². The van der Waals surface area contributed by atoms with Gasteiger partial charge in [0.25, 0.3) is 0 Å². The number of sulfonamides is 1. The summed E-state index contributed by atoms with van der Waals surface area (Å²) in [5.74, 6) is 0.703. The van der Waals surface area contributed by atoms with E-state index < -0.39 is 16.1 Å². The van der Waals surface area contributed by atoms with E-state index in [9.17, 15) is 8.42 Å². The lowest BCUT2D eigenvalue weighted by Crippen LogP contribution is -2.40. The second-order valence-corrected chi connectivity index (χ2v) is 10.4. The molecule has 1 aliphatic rings. The predicted octanol–water partition coefficient (Wildman–Crippen LogP) is 6.85. The fourth-order valence-corrected chi connectivity index (χ4v) is 6.65. The minimum absolute atomic E-state index is 0.0998. The predicted molar refractivity (Wildman–Crippen MR) is 139 cm³/mol. The second kappa shape index (κ2) is 10.0. The minimum Gasteiger partial charge on any atom is -0.497 e. The topological polar surface area (TPSA) is 62.4 Å². The summed E-state index contributed by atoms with van der Waals surface area (Å²) >= 11 is 12.6. The van der Waals surface area contributed by atoms with E-state index in [1.807, 2.05) is 56.3 Å². The number of rotatable bonds is 4. The van der Waals surface area contributed by atoms with Crippen LogP contribution in [0.4, 0.5) is 0 Å². The highest BCUT2D eigenvalue weighted by atomic mass is 35.5. The number of H-pyrrole nitrogens is 1. The molecule has 5 rings (SSSR count). The van der Waals surface area contributed by atoms with Crippen molar-refractivity contribution >= 4 is 44.1 Å². The lowest BCUT2D eigenvalue weighted by atomic mass is 9.94. The molecule has 34 heavy (non-hydrogen) atoms. The highest BCUT2D eigenvalue weighted by Gasteiger charge is 2.40. The third-order valence-electron chi connectivity index (χ3n) is 5.90. The average molecular weight is 517 g/mol. The van der Waals surface area contributed by atoms with Gasteiger partial charge < -0.3 is 9.72 Å².